The first-order valence-corrected chi connectivity index (χ1v) is 10.3. The second-order valence-corrected chi connectivity index (χ2v) is 8.49. The van der Waals surface area contributed by atoms with E-state index in [9.17, 15) is 9.90 Å². The molecule has 2 fully saturated rings. The van der Waals surface area contributed by atoms with Gasteiger partial charge in [0.2, 0.25) is 5.91 Å². The van der Waals surface area contributed by atoms with Crippen molar-refractivity contribution in [2.45, 2.75) is 39.2 Å². The van der Waals surface area contributed by atoms with E-state index in [2.05, 4.69) is 47.4 Å². The molecule has 150 valence electrons. The number of likely N-dealkylation sites (tertiary alicyclic amines) is 2. The Morgan fingerprint density at radius 2 is 2.14 bits per heavy atom. The van der Waals surface area contributed by atoms with Crippen LogP contribution in [0.1, 0.15) is 36.8 Å². The van der Waals surface area contributed by atoms with E-state index < -0.39 is 0 Å². The second kappa shape index (κ2) is 8.05. The van der Waals surface area contributed by atoms with Gasteiger partial charge in [-0.05, 0) is 50.4 Å². The standard InChI is InChI=1S/C22H30N4O2/c1-18-4-2-5-20(12-18)26-15-19(13-23-26)14-24-9-3-7-22(16-24)8-6-21(28)25(17-22)10-11-27/h2,4-5,12-13,15,27H,3,6-11,14,16-17H2,1H3/t22-/m0/s1. The van der Waals surface area contributed by atoms with Crippen molar-refractivity contribution in [3.63, 3.8) is 0 Å². The number of piperidine rings is 2. The molecule has 2 saturated heterocycles. The number of hydrogen-bond donors (Lipinski definition) is 1. The molecular weight excluding hydrogens is 352 g/mol. The summed E-state index contributed by atoms with van der Waals surface area (Å²) >= 11 is 0. The van der Waals surface area contributed by atoms with Crippen LogP contribution in [0.2, 0.25) is 0 Å². The number of aryl methyl sites for hydroxylation is 1. The Balaban J connectivity index is 1.42. The van der Waals surface area contributed by atoms with E-state index in [1.54, 1.807) is 0 Å². The Bertz CT molecular complexity index is 833. The molecule has 4 rings (SSSR count). The first-order valence-electron chi connectivity index (χ1n) is 10.3. The molecule has 2 aromatic rings. The zero-order valence-corrected chi connectivity index (χ0v) is 16.7. The lowest BCUT2D eigenvalue weighted by molar-refractivity contribution is -0.140. The number of amides is 1. The molecular formula is C22H30N4O2. The molecule has 3 heterocycles. The highest BCUT2D eigenvalue weighted by Crippen LogP contribution is 2.39. The molecule has 0 aliphatic carbocycles. The minimum atomic E-state index is 0.0453. The third-order valence-electron chi connectivity index (χ3n) is 6.17. The van der Waals surface area contributed by atoms with Crippen molar-refractivity contribution in [1.82, 2.24) is 19.6 Å². The van der Waals surface area contributed by atoms with Crippen LogP contribution in [0.15, 0.2) is 36.7 Å². The maximum atomic E-state index is 12.1. The van der Waals surface area contributed by atoms with Crippen molar-refractivity contribution in [3.8, 4) is 5.69 Å². The summed E-state index contributed by atoms with van der Waals surface area (Å²) in [6, 6.07) is 8.37. The molecule has 6 nitrogen and oxygen atoms in total. The number of aromatic nitrogens is 2. The smallest absolute Gasteiger partial charge is 0.222 e. The summed E-state index contributed by atoms with van der Waals surface area (Å²) in [6.45, 7) is 6.37. The summed E-state index contributed by atoms with van der Waals surface area (Å²) < 4.78 is 1.95. The molecule has 0 bridgehead atoms. The summed E-state index contributed by atoms with van der Waals surface area (Å²) in [5, 5.41) is 13.8. The number of carbonyl (C=O) groups excluding carboxylic acids is 1. The first-order chi connectivity index (χ1) is 13.6. The van der Waals surface area contributed by atoms with Crippen LogP contribution in [0.3, 0.4) is 0 Å². The molecule has 1 aromatic carbocycles. The van der Waals surface area contributed by atoms with Gasteiger partial charge >= 0.3 is 0 Å². The van der Waals surface area contributed by atoms with E-state index in [1.165, 1.54) is 17.5 Å². The van der Waals surface area contributed by atoms with Gasteiger partial charge in [-0.3, -0.25) is 9.69 Å². The Kier molecular flexibility index (Phi) is 5.51. The summed E-state index contributed by atoms with van der Waals surface area (Å²) in [5.74, 6) is 0.191. The van der Waals surface area contributed by atoms with E-state index in [0.29, 0.717) is 13.0 Å². The Hall–Kier alpha value is -2.18. The molecule has 0 radical (unpaired) electrons. The highest BCUT2D eigenvalue weighted by atomic mass is 16.3. The van der Waals surface area contributed by atoms with Gasteiger partial charge in [-0.25, -0.2) is 4.68 Å². The highest BCUT2D eigenvalue weighted by molar-refractivity contribution is 5.77. The van der Waals surface area contributed by atoms with Crippen molar-refractivity contribution in [3.05, 3.63) is 47.8 Å². The Labute approximate surface area is 166 Å². The molecule has 2 aliphatic heterocycles. The lowest BCUT2D eigenvalue weighted by Crippen LogP contribution is -2.54. The molecule has 1 atom stereocenters. The van der Waals surface area contributed by atoms with Gasteiger partial charge in [-0.2, -0.15) is 5.10 Å². The molecule has 6 heteroatoms. The van der Waals surface area contributed by atoms with Crippen LogP contribution in [0, 0.1) is 12.3 Å². The van der Waals surface area contributed by atoms with Crippen LogP contribution in [-0.4, -0.2) is 63.4 Å². The fourth-order valence-electron chi connectivity index (χ4n) is 4.82. The van der Waals surface area contributed by atoms with Crippen LogP contribution in [0.5, 0.6) is 0 Å². The van der Waals surface area contributed by atoms with Crippen LogP contribution in [0.25, 0.3) is 5.69 Å². The Morgan fingerprint density at radius 3 is 2.96 bits per heavy atom. The topological polar surface area (TPSA) is 61.6 Å². The maximum absolute atomic E-state index is 12.1. The van der Waals surface area contributed by atoms with Gasteiger partial charge in [-0.1, -0.05) is 12.1 Å². The number of aliphatic hydroxyl groups is 1. The van der Waals surface area contributed by atoms with Crippen LogP contribution in [-0.2, 0) is 11.3 Å². The lowest BCUT2D eigenvalue weighted by atomic mass is 9.73. The maximum Gasteiger partial charge on any atom is 0.222 e. The number of rotatable bonds is 5. The number of nitrogens with zero attached hydrogens (tertiary/aromatic N) is 4. The van der Waals surface area contributed by atoms with E-state index in [-0.39, 0.29) is 17.9 Å². The lowest BCUT2D eigenvalue weighted by Gasteiger charge is -2.48. The third-order valence-corrected chi connectivity index (χ3v) is 6.17. The van der Waals surface area contributed by atoms with Crippen molar-refractivity contribution in [1.29, 1.82) is 0 Å². The molecule has 1 aromatic heterocycles. The van der Waals surface area contributed by atoms with Crippen molar-refractivity contribution >= 4 is 5.91 Å². The first kappa shape index (κ1) is 19.2. The fourth-order valence-corrected chi connectivity index (χ4v) is 4.82. The number of carbonyl (C=O) groups is 1. The quantitative estimate of drug-likeness (QED) is 0.863. The average molecular weight is 383 g/mol. The molecule has 1 spiro atoms. The largest absolute Gasteiger partial charge is 0.395 e. The van der Waals surface area contributed by atoms with Crippen LogP contribution >= 0.6 is 0 Å². The van der Waals surface area contributed by atoms with Gasteiger partial charge < -0.3 is 10.0 Å². The monoisotopic (exact) mass is 382 g/mol. The number of hydrogen-bond acceptors (Lipinski definition) is 4. The van der Waals surface area contributed by atoms with E-state index in [1.807, 2.05) is 15.8 Å². The third kappa shape index (κ3) is 4.13. The fraction of sp³-hybridized carbons (Fsp3) is 0.545. The SMILES string of the molecule is Cc1cccc(-n2cc(CN3CCC[C@]4(CCC(=O)N(CCO)C4)C3)cn2)c1. The van der Waals surface area contributed by atoms with Crippen molar-refractivity contribution < 1.29 is 9.90 Å². The minimum Gasteiger partial charge on any atom is -0.395 e. The number of aliphatic hydroxyl groups excluding tert-OH is 1. The number of β-amino-alcohol motifs (C(OH)–C–C–N with tert-alkyl or cyclic N) is 1. The molecule has 0 saturated carbocycles. The van der Waals surface area contributed by atoms with E-state index in [0.717, 1.165) is 44.7 Å². The van der Waals surface area contributed by atoms with Gasteiger partial charge in [0.1, 0.15) is 0 Å². The molecule has 1 amide bonds. The van der Waals surface area contributed by atoms with Gasteiger partial charge in [0.25, 0.3) is 0 Å². The van der Waals surface area contributed by atoms with Crippen molar-refractivity contribution in [2.75, 3.05) is 32.8 Å². The van der Waals surface area contributed by atoms with Gasteiger partial charge in [0.15, 0.2) is 0 Å². The zero-order valence-electron chi connectivity index (χ0n) is 16.7. The zero-order chi connectivity index (χ0) is 19.6. The van der Waals surface area contributed by atoms with Crippen molar-refractivity contribution in [2.24, 2.45) is 5.41 Å². The average Bonchev–Trinajstić information content (AvgIpc) is 3.14. The predicted molar refractivity (Wildman–Crippen MR) is 108 cm³/mol. The van der Waals surface area contributed by atoms with Gasteiger partial charge in [0.05, 0.1) is 18.5 Å². The molecule has 0 unspecified atom stereocenters. The van der Waals surface area contributed by atoms with Gasteiger partial charge in [0, 0.05) is 49.8 Å². The normalized spacial score (nSPS) is 23.5. The predicted octanol–water partition coefficient (Wildman–Crippen LogP) is 2.38. The van der Waals surface area contributed by atoms with E-state index in [4.69, 9.17) is 0 Å². The Morgan fingerprint density at radius 1 is 1.25 bits per heavy atom. The van der Waals surface area contributed by atoms with Crippen LogP contribution in [0.4, 0.5) is 0 Å². The number of benzene rings is 1. The highest BCUT2D eigenvalue weighted by Gasteiger charge is 2.41. The summed E-state index contributed by atoms with van der Waals surface area (Å²) in [7, 11) is 0. The van der Waals surface area contributed by atoms with Gasteiger partial charge in [-0.15, -0.1) is 0 Å². The second-order valence-electron chi connectivity index (χ2n) is 8.49. The van der Waals surface area contributed by atoms with E-state index >= 15 is 0 Å². The van der Waals surface area contributed by atoms with Crippen LogP contribution < -0.4 is 0 Å². The molecule has 2 aliphatic rings. The summed E-state index contributed by atoms with van der Waals surface area (Å²) in [4.78, 5) is 16.5. The molecule has 28 heavy (non-hydrogen) atoms. The minimum absolute atomic E-state index is 0.0453. The summed E-state index contributed by atoms with van der Waals surface area (Å²) in [5.41, 5.74) is 3.71. The molecule has 1 N–H and O–H groups in total. The summed E-state index contributed by atoms with van der Waals surface area (Å²) in [6.07, 6.45) is 7.99.